The van der Waals surface area contributed by atoms with Gasteiger partial charge in [0.1, 0.15) is 11.4 Å². The van der Waals surface area contributed by atoms with Crippen molar-refractivity contribution in [2.75, 3.05) is 26.2 Å². The Morgan fingerprint density at radius 3 is 2.42 bits per heavy atom. The lowest BCUT2D eigenvalue weighted by Crippen LogP contribution is -2.58. The Morgan fingerprint density at radius 1 is 0.903 bits per heavy atom. The van der Waals surface area contributed by atoms with Gasteiger partial charge in [-0.15, -0.1) is 0 Å². The molecule has 1 atom stereocenters. The molecule has 0 radical (unpaired) electrons. The van der Waals surface area contributed by atoms with Gasteiger partial charge in [0.25, 0.3) is 0 Å². The molecule has 3 aromatic carbocycles. The minimum atomic E-state index is -0.749. The summed E-state index contributed by atoms with van der Waals surface area (Å²) >= 11 is 0. The van der Waals surface area contributed by atoms with E-state index in [0.717, 1.165) is 49.4 Å². The second-order valence-electron chi connectivity index (χ2n) is 8.79. The van der Waals surface area contributed by atoms with Crippen LogP contribution in [-0.4, -0.2) is 41.8 Å². The molecule has 2 aliphatic rings. The molecule has 3 aromatic rings. The SMILES string of the molecule is Cc1cccc(C2(N3CCN(Cc4ccccc4)CC3)Cc3cc(F)ccc3C2=O)c1. The first kappa shape index (κ1) is 20.1. The number of rotatable bonds is 4. The average molecular weight is 415 g/mol. The summed E-state index contributed by atoms with van der Waals surface area (Å²) in [4.78, 5) is 18.6. The number of Topliss-reactive ketones (excluding diaryl/α,β-unsaturated/α-hetero) is 1. The molecular weight excluding hydrogens is 387 g/mol. The smallest absolute Gasteiger partial charge is 0.188 e. The van der Waals surface area contributed by atoms with Crippen LogP contribution in [0.25, 0.3) is 0 Å². The van der Waals surface area contributed by atoms with Gasteiger partial charge in [-0.1, -0.05) is 60.2 Å². The van der Waals surface area contributed by atoms with Crippen molar-refractivity contribution in [1.82, 2.24) is 9.80 Å². The number of benzene rings is 3. The topological polar surface area (TPSA) is 23.6 Å². The van der Waals surface area contributed by atoms with Crippen LogP contribution in [0.5, 0.6) is 0 Å². The van der Waals surface area contributed by atoms with Gasteiger partial charge in [0, 0.05) is 44.7 Å². The molecule has 1 unspecified atom stereocenters. The Hall–Kier alpha value is -2.82. The van der Waals surface area contributed by atoms with Gasteiger partial charge in [-0.3, -0.25) is 14.6 Å². The van der Waals surface area contributed by atoms with E-state index in [2.05, 4.69) is 59.2 Å². The van der Waals surface area contributed by atoms with E-state index in [4.69, 9.17) is 0 Å². The monoisotopic (exact) mass is 414 g/mol. The number of hydrogen-bond donors (Lipinski definition) is 0. The molecule has 0 amide bonds. The first-order valence-electron chi connectivity index (χ1n) is 11.0. The number of ketones is 1. The molecule has 1 heterocycles. The standard InChI is InChI=1S/C27H27FN2O/c1-20-6-5-9-23(16-20)27(18-22-17-24(28)10-11-25(22)26(27)31)30-14-12-29(13-15-30)19-21-7-3-2-4-8-21/h2-11,16-17H,12-15,18-19H2,1H3. The molecule has 1 aliphatic carbocycles. The van der Waals surface area contributed by atoms with Crippen LogP contribution < -0.4 is 0 Å². The molecule has 4 heteroatoms. The number of halogens is 1. The summed E-state index contributed by atoms with van der Waals surface area (Å²) < 4.78 is 14.0. The lowest BCUT2D eigenvalue weighted by Gasteiger charge is -2.45. The maximum atomic E-state index is 14.0. The molecule has 0 spiro atoms. The fraction of sp³-hybridized carbons (Fsp3) is 0.296. The fourth-order valence-electron chi connectivity index (χ4n) is 5.21. The minimum Gasteiger partial charge on any atom is -0.297 e. The first-order valence-corrected chi connectivity index (χ1v) is 11.0. The third kappa shape index (κ3) is 3.60. The van der Waals surface area contributed by atoms with Gasteiger partial charge in [0.2, 0.25) is 0 Å². The Morgan fingerprint density at radius 2 is 1.68 bits per heavy atom. The van der Waals surface area contributed by atoms with Gasteiger partial charge in [0.15, 0.2) is 5.78 Å². The van der Waals surface area contributed by atoms with Gasteiger partial charge in [0.05, 0.1) is 0 Å². The summed E-state index contributed by atoms with van der Waals surface area (Å²) in [6.45, 7) is 6.40. The zero-order chi connectivity index (χ0) is 21.4. The highest BCUT2D eigenvalue weighted by Gasteiger charge is 2.51. The van der Waals surface area contributed by atoms with Crippen molar-refractivity contribution in [2.45, 2.75) is 25.4 Å². The molecule has 31 heavy (non-hydrogen) atoms. The van der Waals surface area contributed by atoms with E-state index in [-0.39, 0.29) is 11.6 Å². The van der Waals surface area contributed by atoms with Crippen molar-refractivity contribution >= 4 is 5.78 Å². The maximum Gasteiger partial charge on any atom is 0.188 e. The van der Waals surface area contributed by atoms with Gasteiger partial charge in [-0.05, 0) is 41.8 Å². The highest BCUT2D eigenvalue weighted by molar-refractivity contribution is 6.08. The minimum absolute atomic E-state index is 0.101. The molecular formula is C27H27FN2O. The summed E-state index contributed by atoms with van der Waals surface area (Å²) in [5, 5.41) is 0. The molecule has 3 nitrogen and oxygen atoms in total. The largest absolute Gasteiger partial charge is 0.297 e. The Labute approximate surface area is 183 Å². The lowest BCUT2D eigenvalue weighted by molar-refractivity contribution is 0.0288. The predicted molar refractivity (Wildman–Crippen MR) is 121 cm³/mol. The van der Waals surface area contributed by atoms with Crippen molar-refractivity contribution in [3.63, 3.8) is 0 Å². The van der Waals surface area contributed by atoms with Crippen LogP contribution in [-0.2, 0) is 18.5 Å². The zero-order valence-electron chi connectivity index (χ0n) is 17.9. The summed E-state index contributed by atoms with van der Waals surface area (Å²) in [5.41, 5.74) is 4.19. The highest BCUT2D eigenvalue weighted by Crippen LogP contribution is 2.43. The second-order valence-corrected chi connectivity index (χ2v) is 8.79. The van der Waals surface area contributed by atoms with Crippen LogP contribution >= 0.6 is 0 Å². The van der Waals surface area contributed by atoms with E-state index >= 15 is 0 Å². The van der Waals surface area contributed by atoms with Gasteiger partial charge >= 0.3 is 0 Å². The predicted octanol–water partition coefficient (Wildman–Crippen LogP) is 4.59. The molecule has 1 aliphatic heterocycles. The van der Waals surface area contributed by atoms with Crippen LogP contribution in [0.4, 0.5) is 4.39 Å². The van der Waals surface area contributed by atoms with E-state index < -0.39 is 5.54 Å². The number of carbonyl (C=O) groups is 1. The summed E-state index contributed by atoms with van der Waals surface area (Å²) in [6, 6.07) is 23.4. The lowest BCUT2D eigenvalue weighted by atomic mass is 9.82. The number of aryl methyl sites for hydroxylation is 1. The van der Waals surface area contributed by atoms with Crippen LogP contribution in [0.2, 0.25) is 0 Å². The Bertz CT molecular complexity index is 1110. The number of carbonyl (C=O) groups excluding carboxylic acids is 1. The Kier molecular flexibility index (Phi) is 5.20. The van der Waals surface area contributed by atoms with Crippen molar-refractivity contribution in [1.29, 1.82) is 0 Å². The van der Waals surface area contributed by atoms with Crippen LogP contribution in [0.1, 0.15) is 32.6 Å². The van der Waals surface area contributed by atoms with E-state index in [1.807, 2.05) is 12.1 Å². The summed E-state index contributed by atoms with van der Waals surface area (Å²) in [5.74, 6) is -0.177. The number of hydrogen-bond acceptors (Lipinski definition) is 3. The second kappa shape index (κ2) is 8.03. The average Bonchev–Trinajstić information content (AvgIpc) is 3.07. The van der Waals surface area contributed by atoms with Gasteiger partial charge in [-0.2, -0.15) is 0 Å². The van der Waals surface area contributed by atoms with Crippen molar-refractivity contribution in [2.24, 2.45) is 0 Å². The third-order valence-corrected chi connectivity index (χ3v) is 6.79. The van der Waals surface area contributed by atoms with Gasteiger partial charge < -0.3 is 0 Å². The van der Waals surface area contributed by atoms with Gasteiger partial charge in [-0.25, -0.2) is 4.39 Å². The third-order valence-electron chi connectivity index (χ3n) is 6.79. The molecule has 5 rings (SSSR count). The number of piperazine rings is 1. The van der Waals surface area contributed by atoms with Crippen molar-refractivity contribution in [3.8, 4) is 0 Å². The molecule has 0 N–H and O–H groups in total. The quantitative estimate of drug-likeness (QED) is 0.624. The number of nitrogens with zero attached hydrogens (tertiary/aromatic N) is 2. The van der Waals surface area contributed by atoms with E-state index in [9.17, 15) is 9.18 Å². The number of fused-ring (bicyclic) bond motifs is 1. The Balaban J connectivity index is 1.45. The van der Waals surface area contributed by atoms with E-state index in [1.54, 1.807) is 6.07 Å². The molecule has 0 saturated carbocycles. The summed E-state index contributed by atoms with van der Waals surface area (Å²) in [7, 11) is 0. The van der Waals surface area contributed by atoms with Crippen LogP contribution in [0.3, 0.4) is 0 Å². The van der Waals surface area contributed by atoms with E-state index in [1.165, 1.54) is 17.7 Å². The summed E-state index contributed by atoms with van der Waals surface area (Å²) in [6.07, 6.45) is 0.529. The van der Waals surface area contributed by atoms with Crippen LogP contribution in [0.15, 0.2) is 72.8 Å². The molecule has 0 bridgehead atoms. The van der Waals surface area contributed by atoms with Crippen molar-refractivity contribution < 1.29 is 9.18 Å². The van der Waals surface area contributed by atoms with E-state index in [0.29, 0.717) is 12.0 Å². The van der Waals surface area contributed by atoms with Crippen LogP contribution in [0, 0.1) is 12.7 Å². The fourth-order valence-corrected chi connectivity index (χ4v) is 5.21. The van der Waals surface area contributed by atoms with Crippen molar-refractivity contribution in [3.05, 3.63) is 106 Å². The molecule has 0 aromatic heterocycles. The highest BCUT2D eigenvalue weighted by atomic mass is 19.1. The normalized spacial score (nSPS) is 21.9. The molecule has 1 saturated heterocycles. The molecule has 1 fully saturated rings. The maximum absolute atomic E-state index is 14.0. The first-order chi connectivity index (χ1) is 15.1. The molecule has 158 valence electrons. The zero-order valence-corrected chi connectivity index (χ0v) is 17.9.